The Labute approximate surface area is 166 Å². The van der Waals surface area contributed by atoms with Gasteiger partial charge in [0.25, 0.3) is 0 Å². The van der Waals surface area contributed by atoms with Gasteiger partial charge in [0.1, 0.15) is 5.69 Å². The quantitative estimate of drug-likeness (QED) is 0.513. The molecule has 0 spiro atoms. The average Bonchev–Trinajstić information content (AvgIpc) is 3.39. The number of hydrogen-bond donors (Lipinski definition) is 2. The van der Waals surface area contributed by atoms with Gasteiger partial charge in [0.05, 0.1) is 18.4 Å². The smallest absolute Gasteiger partial charge is 0.327 e. The van der Waals surface area contributed by atoms with E-state index in [-0.39, 0.29) is 6.54 Å². The minimum Gasteiger partial charge on any atom is -0.480 e. The lowest BCUT2D eigenvalue weighted by Crippen LogP contribution is -2.11. The highest BCUT2D eigenvalue weighted by molar-refractivity contribution is 5.66. The fourth-order valence-electron chi connectivity index (χ4n) is 3.12. The second kappa shape index (κ2) is 7.30. The second-order valence-corrected chi connectivity index (χ2v) is 7.00. The fraction of sp³-hybridized carbons (Fsp3) is 0.263. The van der Waals surface area contributed by atoms with Crippen LogP contribution in [-0.4, -0.2) is 51.3 Å². The third-order valence-electron chi connectivity index (χ3n) is 4.82. The zero-order valence-electron chi connectivity index (χ0n) is 16.3. The molecule has 10 heteroatoms. The highest BCUT2D eigenvalue weighted by Gasteiger charge is 2.13. The molecule has 0 amide bonds. The van der Waals surface area contributed by atoms with Crippen molar-refractivity contribution < 1.29 is 9.90 Å². The number of benzene rings is 1. The van der Waals surface area contributed by atoms with Crippen LogP contribution in [0.4, 0.5) is 0 Å². The van der Waals surface area contributed by atoms with Gasteiger partial charge in [-0.2, -0.15) is 4.80 Å². The molecule has 4 aromatic rings. The molecule has 29 heavy (non-hydrogen) atoms. The van der Waals surface area contributed by atoms with Gasteiger partial charge in [-0.3, -0.25) is 4.79 Å². The normalized spacial score (nSPS) is 11.1. The summed E-state index contributed by atoms with van der Waals surface area (Å²) in [7, 11) is 0. The van der Waals surface area contributed by atoms with Gasteiger partial charge in [-0.05, 0) is 54.3 Å². The van der Waals surface area contributed by atoms with Crippen molar-refractivity contribution in [2.45, 2.75) is 33.9 Å². The van der Waals surface area contributed by atoms with E-state index in [4.69, 9.17) is 5.11 Å². The number of rotatable bonds is 6. The first-order valence-corrected chi connectivity index (χ1v) is 9.04. The molecule has 0 aliphatic rings. The molecule has 0 aliphatic carbocycles. The number of hydrogen-bond acceptors (Lipinski definition) is 6. The second-order valence-electron chi connectivity index (χ2n) is 7.00. The molecular formula is C19H20N8O2. The summed E-state index contributed by atoms with van der Waals surface area (Å²) in [5, 5.41) is 28.9. The summed E-state index contributed by atoms with van der Waals surface area (Å²) in [5.41, 5.74) is 7.15. The first kappa shape index (κ1) is 18.5. The van der Waals surface area contributed by atoms with Crippen LogP contribution in [0.2, 0.25) is 0 Å². The van der Waals surface area contributed by atoms with Crippen LogP contribution < -0.4 is 0 Å². The van der Waals surface area contributed by atoms with E-state index in [2.05, 4.69) is 63.6 Å². The Hall–Kier alpha value is -3.82. The van der Waals surface area contributed by atoms with E-state index in [0.717, 1.165) is 10.5 Å². The molecule has 0 saturated carbocycles. The minimum absolute atomic E-state index is 0.337. The maximum atomic E-state index is 10.7. The number of carbonyl (C=O) groups is 1. The maximum Gasteiger partial charge on any atom is 0.327 e. The third-order valence-corrected chi connectivity index (χ3v) is 4.82. The number of aryl methyl sites for hydroxylation is 2. The van der Waals surface area contributed by atoms with Crippen molar-refractivity contribution in [3.63, 3.8) is 0 Å². The minimum atomic E-state index is -1.03. The number of nitrogens with zero attached hydrogens (tertiary/aromatic N) is 7. The standard InChI is InChI=1S/C19H20N8O2/c1-11-4-14(5-12(2)13(11)3)8-26-9-17(21-24-26)16-6-15(7-20-16)19-22-25-27(23-19)10-18(28)29/h4-7,9,20H,8,10H2,1-3H3,(H,28,29). The Balaban J connectivity index is 1.52. The molecule has 4 rings (SSSR count). The van der Waals surface area contributed by atoms with Gasteiger partial charge in [-0.1, -0.05) is 17.3 Å². The van der Waals surface area contributed by atoms with E-state index in [1.807, 2.05) is 12.3 Å². The molecule has 0 fully saturated rings. The zero-order valence-corrected chi connectivity index (χ0v) is 16.3. The Kier molecular flexibility index (Phi) is 4.67. The van der Waals surface area contributed by atoms with Crippen molar-refractivity contribution in [1.82, 2.24) is 40.2 Å². The lowest BCUT2D eigenvalue weighted by atomic mass is 10.0. The Morgan fingerprint density at radius 2 is 1.86 bits per heavy atom. The lowest BCUT2D eigenvalue weighted by Gasteiger charge is -2.08. The molecule has 0 bridgehead atoms. The number of carboxylic acid groups (broad SMARTS) is 1. The van der Waals surface area contributed by atoms with Crippen molar-refractivity contribution >= 4 is 5.97 Å². The Morgan fingerprint density at radius 1 is 1.10 bits per heavy atom. The predicted molar refractivity (Wildman–Crippen MR) is 104 cm³/mol. The lowest BCUT2D eigenvalue weighted by molar-refractivity contribution is -0.138. The molecule has 0 radical (unpaired) electrons. The number of carboxylic acids is 1. The summed E-state index contributed by atoms with van der Waals surface area (Å²) in [4.78, 5) is 14.9. The van der Waals surface area contributed by atoms with Gasteiger partial charge in [-0.25, -0.2) is 4.68 Å². The van der Waals surface area contributed by atoms with Gasteiger partial charge in [0, 0.05) is 11.8 Å². The molecule has 148 valence electrons. The van der Waals surface area contributed by atoms with Gasteiger partial charge in [0.2, 0.25) is 5.82 Å². The fourth-order valence-corrected chi connectivity index (χ4v) is 3.12. The third kappa shape index (κ3) is 3.91. The predicted octanol–water partition coefficient (Wildman–Crippen LogP) is 1.98. The number of H-pyrrole nitrogens is 1. The molecule has 0 atom stereocenters. The van der Waals surface area contributed by atoms with Crippen molar-refractivity contribution in [3.8, 4) is 22.8 Å². The summed E-state index contributed by atoms with van der Waals surface area (Å²) in [6.07, 6.45) is 3.60. The van der Waals surface area contributed by atoms with Gasteiger partial charge in [0.15, 0.2) is 6.54 Å². The number of aliphatic carboxylic acids is 1. The van der Waals surface area contributed by atoms with E-state index >= 15 is 0 Å². The molecule has 3 aromatic heterocycles. The molecule has 3 heterocycles. The van der Waals surface area contributed by atoms with Crippen LogP contribution in [0.1, 0.15) is 22.3 Å². The van der Waals surface area contributed by atoms with Crippen molar-refractivity contribution in [2.75, 3.05) is 0 Å². The van der Waals surface area contributed by atoms with Crippen LogP contribution >= 0.6 is 0 Å². The van der Waals surface area contributed by atoms with Crippen molar-refractivity contribution in [2.24, 2.45) is 0 Å². The SMILES string of the molecule is Cc1cc(Cn2cc(-c3cc(-c4nnn(CC(=O)O)n4)c[nH]3)nn2)cc(C)c1C. The molecule has 0 saturated heterocycles. The van der Waals surface area contributed by atoms with E-state index in [0.29, 0.717) is 23.6 Å². The summed E-state index contributed by atoms with van der Waals surface area (Å²) in [6.45, 7) is 6.64. The molecule has 10 nitrogen and oxygen atoms in total. The Bertz CT molecular complexity index is 1160. The average molecular weight is 392 g/mol. The van der Waals surface area contributed by atoms with Crippen molar-refractivity contribution in [1.29, 1.82) is 0 Å². The summed E-state index contributed by atoms with van der Waals surface area (Å²) in [6, 6.07) is 6.17. The number of tetrazole rings is 1. The summed E-state index contributed by atoms with van der Waals surface area (Å²) >= 11 is 0. The van der Waals surface area contributed by atoms with Crippen LogP contribution in [0, 0.1) is 20.8 Å². The topological polar surface area (TPSA) is 127 Å². The highest BCUT2D eigenvalue weighted by Crippen LogP contribution is 2.22. The molecule has 1 aromatic carbocycles. The molecule has 2 N–H and O–H groups in total. The summed E-state index contributed by atoms with van der Waals surface area (Å²) < 4.78 is 1.79. The first-order chi connectivity index (χ1) is 13.9. The van der Waals surface area contributed by atoms with Gasteiger partial charge < -0.3 is 10.1 Å². The van der Waals surface area contributed by atoms with Gasteiger partial charge in [-0.15, -0.1) is 15.3 Å². The van der Waals surface area contributed by atoms with E-state index < -0.39 is 5.97 Å². The van der Waals surface area contributed by atoms with E-state index in [9.17, 15) is 4.79 Å². The van der Waals surface area contributed by atoms with Gasteiger partial charge >= 0.3 is 5.97 Å². The highest BCUT2D eigenvalue weighted by atomic mass is 16.4. The Morgan fingerprint density at radius 3 is 2.59 bits per heavy atom. The number of aromatic amines is 1. The first-order valence-electron chi connectivity index (χ1n) is 9.04. The monoisotopic (exact) mass is 392 g/mol. The van der Waals surface area contributed by atoms with E-state index in [1.54, 1.807) is 10.9 Å². The summed E-state index contributed by atoms with van der Waals surface area (Å²) in [5.74, 6) is -0.689. The van der Waals surface area contributed by atoms with Crippen LogP contribution in [0.15, 0.2) is 30.6 Å². The number of aromatic nitrogens is 8. The molecule has 0 aliphatic heterocycles. The van der Waals surface area contributed by atoms with Crippen molar-refractivity contribution in [3.05, 3.63) is 52.8 Å². The van der Waals surface area contributed by atoms with Crippen LogP contribution in [-0.2, 0) is 17.9 Å². The van der Waals surface area contributed by atoms with E-state index in [1.165, 1.54) is 22.3 Å². The molecular weight excluding hydrogens is 372 g/mol. The van der Waals surface area contributed by atoms with Crippen LogP contribution in [0.25, 0.3) is 22.8 Å². The molecule has 0 unspecified atom stereocenters. The number of nitrogens with one attached hydrogen (secondary N) is 1. The van der Waals surface area contributed by atoms with Crippen LogP contribution in [0.5, 0.6) is 0 Å². The van der Waals surface area contributed by atoms with Crippen LogP contribution in [0.3, 0.4) is 0 Å². The largest absolute Gasteiger partial charge is 0.480 e. The zero-order chi connectivity index (χ0) is 20.5. The maximum absolute atomic E-state index is 10.7.